The number of rotatable bonds is 1. The monoisotopic (exact) mass is 242 g/mol. The maximum absolute atomic E-state index is 13.5. The number of amides is 1. The second-order valence-electron chi connectivity index (χ2n) is 3.76. The molecule has 0 saturated carbocycles. The average molecular weight is 242 g/mol. The molecule has 0 atom stereocenters. The van der Waals surface area contributed by atoms with Crippen LogP contribution in [0.3, 0.4) is 0 Å². The minimum atomic E-state index is -0.805. The number of anilines is 1. The molecule has 1 heterocycles. The van der Waals surface area contributed by atoms with Crippen LogP contribution in [0.15, 0.2) is 12.1 Å². The fourth-order valence-corrected chi connectivity index (χ4v) is 1.66. The molecule has 4 nitrogen and oxygen atoms in total. The Morgan fingerprint density at radius 3 is 2.53 bits per heavy atom. The lowest BCUT2D eigenvalue weighted by atomic mass is 10.1. The van der Waals surface area contributed by atoms with Crippen molar-refractivity contribution in [2.75, 3.05) is 32.0 Å². The molecule has 17 heavy (non-hydrogen) atoms. The van der Waals surface area contributed by atoms with E-state index in [1.165, 1.54) is 4.90 Å². The first kappa shape index (κ1) is 11.8. The summed E-state index contributed by atoms with van der Waals surface area (Å²) in [6, 6.07) is 1.66. The third-order valence-corrected chi connectivity index (χ3v) is 2.62. The zero-order valence-electron chi connectivity index (χ0n) is 9.08. The maximum atomic E-state index is 13.5. The summed E-state index contributed by atoms with van der Waals surface area (Å²) in [6.45, 7) is 1.57. The Morgan fingerprint density at radius 2 is 1.88 bits per heavy atom. The quantitative estimate of drug-likeness (QED) is 0.748. The molecule has 0 bridgehead atoms. The van der Waals surface area contributed by atoms with Gasteiger partial charge in [-0.25, -0.2) is 8.78 Å². The van der Waals surface area contributed by atoms with Crippen LogP contribution in [-0.4, -0.2) is 37.1 Å². The molecule has 1 aliphatic heterocycles. The molecule has 1 saturated heterocycles. The molecular formula is C11H12F2N2O2. The van der Waals surface area contributed by atoms with Crippen molar-refractivity contribution in [2.45, 2.75) is 0 Å². The Morgan fingerprint density at radius 1 is 1.24 bits per heavy atom. The predicted molar refractivity (Wildman–Crippen MR) is 57.5 cm³/mol. The average Bonchev–Trinajstić information content (AvgIpc) is 2.34. The third-order valence-electron chi connectivity index (χ3n) is 2.62. The van der Waals surface area contributed by atoms with Gasteiger partial charge in [0.1, 0.15) is 11.6 Å². The van der Waals surface area contributed by atoms with Gasteiger partial charge >= 0.3 is 0 Å². The molecule has 1 amide bonds. The van der Waals surface area contributed by atoms with Crippen LogP contribution in [-0.2, 0) is 4.74 Å². The van der Waals surface area contributed by atoms with Gasteiger partial charge in [-0.2, -0.15) is 0 Å². The number of nitrogens with two attached hydrogens (primary N) is 1. The number of benzene rings is 1. The van der Waals surface area contributed by atoms with Crippen LogP contribution >= 0.6 is 0 Å². The van der Waals surface area contributed by atoms with Crippen molar-refractivity contribution >= 4 is 11.6 Å². The van der Waals surface area contributed by atoms with Crippen molar-refractivity contribution in [1.82, 2.24) is 4.90 Å². The molecule has 2 N–H and O–H groups in total. The topological polar surface area (TPSA) is 55.6 Å². The normalized spacial score (nSPS) is 16.0. The van der Waals surface area contributed by atoms with Gasteiger partial charge in [0.25, 0.3) is 5.91 Å². The van der Waals surface area contributed by atoms with Gasteiger partial charge in [0.05, 0.1) is 24.5 Å². The summed E-state index contributed by atoms with van der Waals surface area (Å²) >= 11 is 0. The van der Waals surface area contributed by atoms with Crippen LogP contribution in [0.2, 0.25) is 0 Å². The number of carbonyl (C=O) groups excluding carboxylic acids is 1. The standard InChI is InChI=1S/C11H12F2N2O2/c12-8-6-10(14)9(13)5-7(8)11(16)15-1-3-17-4-2-15/h5-6H,1-4,14H2. The van der Waals surface area contributed by atoms with Gasteiger partial charge in [-0.15, -0.1) is 0 Å². The summed E-state index contributed by atoms with van der Waals surface area (Å²) in [5, 5.41) is 0. The van der Waals surface area contributed by atoms with Crippen LogP contribution < -0.4 is 5.73 Å². The van der Waals surface area contributed by atoms with Crippen LogP contribution in [0.4, 0.5) is 14.5 Å². The Hall–Kier alpha value is -1.69. The molecule has 0 aromatic heterocycles. The Kier molecular flexibility index (Phi) is 3.23. The van der Waals surface area contributed by atoms with Crippen LogP contribution in [0.1, 0.15) is 10.4 Å². The summed E-state index contributed by atoms with van der Waals surface area (Å²) in [4.78, 5) is 13.3. The molecule has 1 fully saturated rings. The first-order valence-electron chi connectivity index (χ1n) is 5.21. The van der Waals surface area contributed by atoms with E-state index in [1.54, 1.807) is 0 Å². The molecule has 1 aliphatic rings. The Labute approximate surface area is 97.0 Å². The minimum absolute atomic E-state index is 0.293. The van der Waals surface area contributed by atoms with Crippen LogP contribution in [0.5, 0.6) is 0 Å². The van der Waals surface area contributed by atoms with E-state index in [-0.39, 0.29) is 11.3 Å². The van der Waals surface area contributed by atoms with E-state index in [9.17, 15) is 13.6 Å². The maximum Gasteiger partial charge on any atom is 0.257 e. The van der Waals surface area contributed by atoms with E-state index in [0.717, 1.165) is 12.1 Å². The molecule has 0 radical (unpaired) electrons. The van der Waals surface area contributed by atoms with Crippen molar-refractivity contribution in [3.63, 3.8) is 0 Å². The van der Waals surface area contributed by atoms with Crippen molar-refractivity contribution in [3.8, 4) is 0 Å². The minimum Gasteiger partial charge on any atom is -0.396 e. The van der Waals surface area contributed by atoms with E-state index in [2.05, 4.69) is 0 Å². The number of morpholine rings is 1. The van der Waals surface area contributed by atoms with E-state index in [0.29, 0.717) is 26.3 Å². The third kappa shape index (κ3) is 2.36. The smallest absolute Gasteiger partial charge is 0.257 e. The summed E-state index contributed by atoms with van der Waals surface area (Å²) in [5.74, 6) is -2.13. The number of nitrogen functional groups attached to an aromatic ring is 1. The largest absolute Gasteiger partial charge is 0.396 e. The van der Waals surface area contributed by atoms with Crippen molar-refractivity contribution < 1.29 is 18.3 Å². The first-order chi connectivity index (χ1) is 8.09. The van der Waals surface area contributed by atoms with Gasteiger partial charge in [0.15, 0.2) is 0 Å². The van der Waals surface area contributed by atoms with E-state index in [4.69, 9.17) is 10.5 Å². The summed E-state index contributed by atoms with van der Waals surface area (Å²) in [7, 11) is 0. The molecule has 92 valence electrons. The lowest BCUT2D eigenvalue weighted by Crippen LogP contribution is -2.41. The zero-order chi connectivity index (χ0) is 12.4. The van der Waals surface area contributed by atoms with E-state index < -0.39 is 17.5 Å². The van der Waals surface area contributed by atoms with Gasteiger partial charge in [-0.05, 0) is 6.07 Å². The van der Waals surface area contributed by atoms with Gasteiger partial charge in [-0.1, -0.05) is 0 Å². The van der Waals surface area contributed by atoms with Gasteiger partial charge in [0, 0.05) is 19.2 Å². The van der Waals surface area contributed by atoms with E-state index >= 15 is 0 Å². The number of hydrogen-bond acceptors (Lipinski definition) is 3. The molecule has 1 aromatic rings. The Balaban J connectivity index is 2.26. The number of halogens is 2. The SMILES string of the molecule is Nc1cc(F)c(C(=O)N2CCOCC2)cc1F. The zero-order valence-corrected chi connectivity index (χ0v) is 9.08. The fourth-order valence-electron chi connectivity index (χ4n) is 1.66. The molecule has 0 spiro atoms. The molecule has 6 heteroatoms. The van der Waals surface area contributed by atoms with Gasteiger partial charge in [-0.3, -0.25) is 4.79 Å². The Bertz CT molecular complexity index is 445. The molecular weight excluding hydrogens is 230 g/mol. The molecule has 1 aromatic carbocycles. The summed E-state index contributed by atoms with van der Waals surface area (Å²) in [6.07, 6.45) is 0. The van der Waals surface area contributed by atoms with Crippen molar-refractivity contribution in [1.29, 1.82) is 0 Å². The number of carbonyl (C=O) groups is 1. The second-order valence-corrected chi connectivity index (χ2v) is 3.76. The van der Waals surface area contributed by atoms with Gasteiger partial charge in [0.2, 0.25) is 0 Å². The molecule has 0 aliphatic carbocycles. The highest BCUT2D eigenvalue weighted by molar-refractivity contribution is 5.95. The predicted octanol–water partition coefficient (Wildman–Crippen LogP) is 1.02. The summed E-state index contributed by atoms with van der Waals surface area (Å²) < 4.78 is 31.8. The molecule has 0 unspecified atom stereocenters. The van der Waals surface area contributed by atoms with Crippen LogP contribution in [0.25, 0.3) is 0 Å². The molecule has 2 rings (SSSR count). The van der Waals surface area contributed by atoms with Gasteiger partial charge < -0.3 is 15.4 Å². The van der Waals surface area contributed by atoms with E-state index in [1.807, 2.05) is 0 Å². The fraction of sp³-hybridized carbons (Fsp3) is 0.364. The van der Waals surface area contributed by atoms with Crippen molar-refractivity contribution in [3.05, 3.63) is 29.3 Å². The highest BCUT2D eigenvalue weighted by atomic mass is 19.1. The van der Waals surface area contributed by atoms with Crippen molar-refractivity contribution in [2.24, 2.45) is 0 Å². The lowest BCUT2D eigenvalue weighted by molar-refractivity contribution is 0.0299. The van der Waals surface area contributed by atoms with Crippen LogP contribution in [0, 0.1) is 11.6 Å². The highest BCUT2D eigenvalue weighted by Gasteiger charge is 2.22. The number of nitrogens with zero attached hydrogens (tertiary/aromatic N) is 1. The lowest BCUT2D eigenvalue weighted by Gasteiger charge is -2.27. The highest BCUT2D eigenvalue weighted by Crippen LogP contribution is 2.18. The first-order valence-corrected chi connectivity index (χ1v) is 5.21. The number of hydrogen-bond donors (Lipinski definition) is 1. The number of ether oxygens (including phenoxy) is 1. The second kappa shape index (κ2) is 4.67. The summed E-state index contributed by atoms with van der Waals surface area (Å²) in [5.41, 5.74) is 4.61.